The van der Waals surface area contributed by atoms with E-state index >= 15 is 0 Å². The summed E-state index contributed by atoms with van der Waals surface area (Å²) in [6.45, 7) is 3.61. The topological polar surface area (TPSA) is 99.4 Å². The maximum Gasteiger partial charge on any atom is 0.220 e. The summed E-state index contributed by atoms with van der Waals surface area (Å²) in [4.78, 5) is 18.4. The third kappa shape index (κ3) is 4.57. The predicted octanol–water partition coefficient (Wildman–Crippen LogP) is 2.22. The molecular weight excluding hydrogens is 473 g/mol. The molecule has 10 nitrogen and oxygen atoms in total. The van der Waals surface area contributed by atoms with Crippen LogP contribution in [0.15, 0.2) is 65.2 Å². The fraction of sp³-hybridized carbons (Fsp3) is 0.346. The Morgan fingerprint density at radius 2 is 1.81 bits per heavy atom. The smallest absolute Gasteiger partial charge is 0.220 e. The average Bonchev–Trinajstić information content (AvgIpc) is 3.57. The second-order valence-corrected chi connectivity index (χ2v) is 9.44. The normalized spacial score (nSPS) is 18.9. The van der Waals surface area contributed by atoms with Crippen molar-refractivity contribution in [2.24, 2.45) is 23.0 Å². The lowest BCUT2D eigenvalue weighted by Crippen LogP contribution is -2.49. The van der Waals surface area contributed by atoms with Gasteiger partial charge >= 0.3 is 0 Å². The first-order valence-corrected chi connectivity index (χ1v) is 12.4. The van der Waals surface area contributed by atoms with E-state index < -0.39 is 0 Å². The minimum Gasteiger partial charge on any atom is -0.396 e. The van der Waals surface area contributed by atoms with Crippen molar-refractivity contribution < 1.29 is 9.50 Å². The Balaban J connectivity index is 1.12. The highest BCUT2D eigenvalue weighted by Gasteiger charge is 2.27. The van der Waals surface area contributed by atoms with Crippen LogP contribution < -0.4 is 4.90 Å². The zero-order valence-electron chi connectivity index (χ0n) is 20.5. The highest BCUT2D eigenvalue weighted by Crippen LogP contribution is 2.28. The van der Waals surface area contributed by atoms with Crippen molar-refractivity contribution in [3.8, 4) is 11.1 Å². The third-order valence-corrected chi connectivity index (χ3v) is 7.12. The number of aliphatic hydroxyl groups is 1. The fourth-order valence-corrected chi connectivity index (χ4v) is 5.06. The van der Waals surface area contributed by atoms with Gasteiger partial charge in [-0.1, -0.05) is 12.1 Å². The third-order valence-electron chi connectivity index (χ3n) is 7.12. The van der Waals surface area contributed by atoms with Crippen molar-refractivity contribution in [3.05, 3.63) is 66.6 Å². The van der Waals surface area contributed by atoms with Crippen LogP contribution in [0.25, 0.3) is 16.6 Å². The Bertz CT molecular complexity index is 1450. The summed E-state index contributed by atoms with van der Waals surface area (Å²) in [5.74, 6) is 1.15. The second kappa shape index (κ2) is 9.74. The summed E-state index contributed by atoms with van der Waals surface area (Å²) >= 11 is 0. The molecule has 0 amide bonds. The number of guanidine groups is 1. The summed E-state index contributed by atoms with van der Waals surface area (Å²) in [7, 11) is 1.90. The number of fused-ring (bicyclic) bond motifs is 1. The van der Waals surface area contributed by atoms with E-state index in [4.69, 9.17) is 4.99 Å². The molecule has 1 fully saturated rings. The van der Waals surface area contributed by atoms with Gasteiger partial charge in [0, 0.05) is 74.8 Å². The summed E-state index contributed by atoms with van der Waals surface area (Å²) in [5.41, 5.74) is 3.94. The van der Waals surface area contributed by atoms with Crippen LogP contribution in [0.4, 0.5) is 10.2 Å². The Kier molecular flexibility index (Phi) is 6.13. The lowest BCUT2D eigenvalue weighted by Gasteiger charge is -2.37. The van der Waals surface area contributed by atoms with E-state index in [-0.39, 0.29) is 24.3 Å². The van der Waals surface area contributed by atoms with Gasteiger partial charge in [-0.25, -0.2) is 18.9 Å². The molecule has 5 heterocycles. The summed E-state index contributed by atoms with van der Waals surface area (Å²) in [6, 6.07) is 8.39. The molecule has 2 atom stereocenters. The molecule has 0 radical (unpaired) electrons. The first-order valence-electron chi connectivity index (χ1n) is 12.4. The van der Waals surface area contributed by atoms with Crippen molar-refractivity contribution in [3.63, 3.8) is 0 Å². The number of benzene rings is 1. The van der Waals surface area contributed by atoms with Gasteiger partial charge in [-0.15, -0.1) is 0 Å². The van der Waals surface area contributed by atoms with E-state index in [0.717, 1.165) is 60.2 Å². The Labute approximate surface area is 213 Å². The maximum absolute atomic E-state index is 13.3. The summed E-state index contributed by atoms with van der Waals surface area (Å²) in [6.07, 6.45) is 9.31. The van der Waals surface area contributed by atoms with Crippen LogP contribution in [0.5, 0.6) is 0 Å². The van der Waals surface area contributed by atoms with Gasteiger partial charge in [-0.3, -0.25) is 9.67 Å². The number of aliphatic hydroxyl groups excluding tert-OH is 1. The molecule has 4 aromatic rings. The molecule has 0 aliphatic carbocycles. The van der Waals surface area contributed by atoms with E-state index in [0.29, 0.717) is 6.54 Å². The van der Waals surface area contributed by atoms with E-state index in [2.05, 4.69) is 36.0 Å². The van der Waals surface area contributed by atoms with Crippen LogP contribution in [0.2, 0.25) is 0 Å². The summed E-state index contributed by atoms with van der Waals surface area (Å²) in [5, 5.41) is 18.6. The Morgan fingerprint density at radius 1 is 1.03 bits per heavy atom. The molecule has 190 valence electrons. The quantitative estimate of drug-likeness (QED) is 0.450. The molecule has 0 saturated carbocycles. The molecule has 2 aliphatic rings. The second-order valence-electron chi connectivity index (χ2n) is 9.44. The van der Waals surface area contributed by atoms with Crippen LogP contribution in [0, 0.1) is 11.7 Å². The van der Waals surface area contributed by atoms with Crippen LogP contribution >= 0.6 is 0 Å². The number of rotatable bonds is 5. The number of piperazine rings is 1. The standard InChI is InChI=1S/C26H28FN9O/c1-33-14-21(13-31-33)19-10-24-25(30-17-32-36(24)15-19)34-6-8-35(9-7-34)26-28-11-20(12-29-26)23(16-37)18-2-4-22(27)5-3-18/h2-5,10-11,13-15,17,20,23,37H,6-9,12,16H2,1H3/t20?,23-/m0/s1. The van der Waals surface area contributed by atoms with Gasteiger partial charge in [0.1, 0.15) is 17.7 Å². The highest BCUT2D eigenvalue weighted by molar-refractivity contribution is 5.90. The lowest BCUT2D eigenvalue weighted by molar-refractivity contribution is 0.247. The van der Waals surface area contributed by atoms with Gasteiger partial charge in [0.2, 0.25) is 5.96 Å². The first-order chi connectivity index (χ1) is 18.1. The molecule has 3 aromatic heterocycles. The number of anilines is 1. The van der Waals surface area contributed by atoms with Gasteiger partial charge in [-0.05, 0) is 23.8 Å². The van der Waals surface area contributed by atoms with Crippen molar-refractivity contribution in [1.29, 1.82) is 0 Å². The Hall–Kier alpha value is -4.12. The fourth-order valence-electron chi connectivity index (χ4n) is 5.06. The first kappa shape index (κ1) is 23.3. The minimum atomic E-state index is -0.286. The largest absolute Gasteiger partial charge is 0.396 e. The van der Waals surface area contributed by atoms with Crippen molar-refractivity contribution in [1.82, 2.24) is 29.3 Å². The molecular formula is C26H28FN9O. The molecule has 37 heavy (non-hydrogen) atoms. The molecule has 0 bridgehead atoms. The zero-order valence-corrected chi connectivity index (χ0v) is 20.5. The van der Waals surface area contributed by atoms with Gasteiger partial charge in [0.25, 0.3) is 0 Å². The van der Waals surface area contributed by atoms with Crippen LogP contribution in [-0.4, -0.2) is 85.9 Å². The minimum absolute atomic E-state index is 0.0295. The van der Waals surface area contributed by atoms with Gasteiger partial charge in [-0.2, -0.15) is 10.2 Å². The van der Waals surface area contributed by atoms with Crippen LogP contribution in [0.1, 0.15) is 11.5 Å². The van der Waals surface area contributed by atoms with E-state index in [1.165, 1.54) is 12.1 Å². The molecule has 1 unspecified atom stereocenters. The molecule has 11 heteroatoms. The number of aryl methyl sites for hydroxylation is 1. The number of hydrogen-bond acceptors (Lipinski definition) is 8. The molecule has 1 saturated heterocycles. The molecule has 1 aromatic carbocycles. The average molecular weight is 502 g/mol. The molecule has 0 spiro atoms. The lowest BCUT2D eigenvalue weighted by atomic mass is 9.87. The number of halogens is 1. The van der Waals surface area contributed by atoms with Crippen molar-refractivity contribution in [2.75, 3.05) is 44.2 Å². The SMILES string of the molecule is Cn1cc(-c2cc3c(N4CCN(C5=NCC([C@@H](CO)c6ccc(F)cc6)C=N5)CC4)ncnn3c2)cn1. The van der Waals surface area contributed by atoms with Gasteiger partial charge in [0.15, 0.2) is 5.82 Å². The van der Waals surface area contributed by atoms with Crippen LogP contribution in [0.3, 0.4) is 0 Å². The number of aliphatic imine (C=N–C) groups is 2. The molecule has 1 N–H and O–H groups in total. The van der Waals surface area contributed by atoms with Crippen LogP contribution in [-0.2, 0) is 7.05 Å². The van der Waals surface area contributed by atoms with Gasteiger partial charge in [0.05, 0.1) is 19.3 Å². The number of nitrogens with zero attached hydrogens (tertiary/aromatic N) is 9. The maximum atomic E-state index is 13.3. The number of hydrogen-bond donors (Lipinski definition) is 1. The highest BCUT2D eigenvalue weighted by atomic mass is 19.1. The molecule has 6 rings (SSSR count). The van der Waals surface area contributed by atoms with Gasteiger partial charge < -0.3 is 14.9 Å². The monoisotopic (exact) mass is 501 g/mol. The van der Waals surface area contributed by atoms with Crippen molar-refractivity contribution in [2.45, 2.75) is 5.92 Å². The Morgan fingerprint density at radius 3 is 2.49 bits per heavy atom. The molecule has 2 aliphatic heterocycles. The number of aromatic nitrogens is 5. The van der Waals surface area contributed by atoms with E-state index in [9.17, 15) is 9.50 Å². The van der Waals surface area contributed by atoms with E-state index in [1.807, 2.05) is 36.4 Å². The predicted molar refractivity (Wildman–Crippen MR) is 139 cm³/mol. The summed E-state index contributed by atoms with van der Waals surface area (Å²) < 4.78 is 17.0. The zero-order chi connectivity index (χ0) is 25.4. The van der Waals surface area contributed by atoms with Crippen molar-refractivity contribution >= 4 is 23.5 Å². The van der Waals surface area contributed by atoms with E-state index in [1.54, 1.807) is 23.1 Å².